The Hall–Kier alpha value is -2.08. The molecule has 1 heterocycles. The highest BCUT2D eigenvalue weighted by atomic mass is 16.2. The van der Waals surface area contributed by atoms with Crippen LogP contribution in [0.25, 0.3) is 11.0 Å². The van der Waals surface area contributed by atoms with Crippen LogP contribution in [0.4, 0.5) is 5.69 Å². The second-order valence-electron chi connectivity index (χ2n) is 6.53. The molecule has 0 aliphatic heterocycles. The third-order valence-electron chi connectivity index (χ3n) is 3.30. The molecule has 0 bridgehead atoms. The predicted octanol–water partition coefficient (Wildman–Crippen LogP) is 1.81. The lowest BCUT2D eigenvalue weighted by Crippen LogP contribution is -2.32. The van der Waals surface area contributed by atoms with E-state index in [0.29, 0.717) is 23.3 Å². The number of amides is 1. The van der Waals surface area contributed by atoms with E-state index < -0.39 is 0 Å². The number of nitrogens with two attached hydrogens (primary N) is 1. The number of benzene rings is 1. The molecule has 0 aliphatic carbocycles. The van der Waals surface area contributed by atoms with Gasteiger partial charge in [0.2, 0.25) is 5.91 Å². The summed E-state index contributed by atoms with van der Waals surface area (Å²) in [6.45, 7) is 6.56. The third-order valence-corrected chi connectivity index (χ3v) is 3.30. The van der Waals surface area contributed by atoms with Crippen molar-refractivity contribution in [1.29, 1.82) is 0 Å². The Bertz CT molecular complexity index is 693. The van der Waals surface area contributed by atoms with E-state index in [4.69, 9.17) is 5.73 Å². The summed E-state index contributed by atoms with van der Waals surface area (Å²) >= 11 is 0. The van der Waals surface area contributed by atoms with Gasteiger partial charge in [-0.05, 0) is 30.0 Å². The molecule has 5 N–H and O–H groups in total. The summed E-state index contributed by atoms with van der Waals surface area (Å²) in [5.74, 6) is -0.323. The van der Waals surface area contributed by atoms with Crippen molar-refractivity contribution in [3.05, 3.63) is 28.7 Å². The zero-order valence-electron chi connectivity index (χ0n) is 12.6. The van der Waals surface area contributed by atoms with Crippen LogP contribution >= 0.6 is 0 Å². The number of carbonyl (C=O) groups is 1. The largest absolute Gasteiger partial charge is 0.330 e. The normalized spacial score (nSPS) is 13.3. The van der Waals surface area contributed by atoms with E-state index in [2.05, 4.69) is 36.1 Å². The van der Waals surface area contributed by atoms with Gasteiger partial charge in [0.1, 0.15) is 0 Å². The first-order valence-electron chi connectivity index (χ1n) is 7.01. The molecule has 2 aromatic rings. The second kappa shape index (κ2) is 5.73. The van der Waals surface area contributed by atoms with Crippen LogP contribution in [0.3, 0.4) is 0 Å². The van der Waals surface area contributed by atoms with Crippen LogP contribution in [0.1, 0.15) is 27.2 Å². The molecular weight excluding hydrogens is 268 g/mol. The number of rotatable bonds is 4. The summed E-state index contributed by atoms with van der Waals surface area (Å²) in [6, 6.07) is 5.24. The fourth-order valence-corrected chi connectivity index (χ4v) is 2.38. The summed E-state index contributed by atoms with van der Waals surface area (Å²) in [5, 5.41) is 2.86. The van der Waals surface area contributed by atoms with Gasteiger partial charge >= 0.3 is 5.69 Å². The summed E-state index contributed by atoms with van der Waals surface area (Å²) < 4.78 is 0. The molecular formula is C15H22N4O2. The number of fused-ring (bicyclic) bond motifs is 1. The van der Waals surface area contributed by atoms with Gasteiger partial charge in [-0.2, -0.15) is 0 Å². The first kappa shape index (κ1) is 15.3. The van der Waals surface area contributed by atoms with Crippen LogP contribution in [0.5, 0.6) is 0 Å². The van der Waals surface area contributed by atoms with E-state index >= 15 is 0 Å². The number of aromatic amines is 2. The van der Waals surface area contributed by atoms with Gasteiger partial charge in [0.25, 0.3) is 0 Å². The third kappa shape index (κ3) is 3.95. The topological polar surface area (TPSA) is 104 Å². The quantitative estimate of drug-likeness (QED) is 0.690. The molecule has 0 fully saturated rings. The molecule has 114 valence electrons. The molecule has 2 rings (SSSR count). The van der Waals surface area contributed by atoms with Gasteiger partial charge in [0.05, 0.1) is 17.0 Å². The Morgan fingerprint density at radius 2 is 1.95 bits per heavy atom. The van der Waals surface area contributed by atoms with Crippen molar-refractivity contribution in [2.75, 3.05) is 11.9 Å². The Labute approximate surface area is 123 Å². The van der Waals surface area contributed by atoms with Gasteiger partial charge in [-0.3, -0.25) is 4.79 Å². The standard InChI is InChI=1S/C15H22N4O2/c1-15(2,3)7-9(8-16)13(20)17-10-4-5-11-12(6-10)19-14(21)18-11/h4-6,9H,7-8,16H2,1-3H3,(H,17,20)(H2,18,19,21). The van der Waals surface area contributed by atoms with Gasteiger partial charge in [-0.15, -0.1) is 0 Å². The monoisotopic (exact) mass is 290 g/mol. The summed E-state index contributed by atoms with van der Waals surface area (Å²) in [6.07, 6.45) is 0.721. The highest BCUT2D eigenvalue weighted by molar-refractivity contribution is 5.94. The minimum absolute atomic E-state index is 0.0389. The maximum Gasteiger partial charge on any atom is 0.323 e. The van der Waals surface area contributed by atoms with Gasteiger partial charge < -0.3 is 21.0 Å². The van der Waals surface area contributed by atoms with Crippen molar-refractivity contribution in [3.63, 3.8) is 0 Å². The minimum atomic E-state index is -0.263. The van der Waals surface area contributed by atoms with Crippen molar-refractivity contribution in [3.8, 4) is 0 Å². The van der Waals surface area contributed by atoms with Crippen LogP contribution < -0.4 is 16.7 Å². The molecule has 0 aliphatic rings. The van der Waals surface area contributed by atoms with Crippen LogP contribution in [-0.2, 0) is 4.79 Å². The second-order valence-corrected chi connectivity index (χ2v) is 6.53. The Kier molecular flexibility index (Phi) is 4.18. The number of imidazole rings is 1. The van der Waals surface area contributed by atoms with Gasteiger partial charge in [0, 0.05) is 12.2 Å². The molecule has 0 saturated heterocycles. The lowest BCUT2D eigenvalue weighted by atomic mass is 9.84. The van der Waals surface area contributed by atoms with Crippen molar-refractivity contribution in [2.24, 2.45) is 17.1 Å². The lowest BCUT2D eigenvalue weighted by molar-refractivity contribution is -0.120. The van der Waals surface area contributed by atoms with Gasteiger partial charge in [0.15, 0.2) is 0 Å². The van der Waals surface area contributed by atoms with Crippen LogP contribution in [-0.4, -0.2) is 22.4 Å². The fourth-order valence-electron chi connectivity index (χ4n) is 2.38. The molecule has 1 amide bonds. The number of nitrogens with one attached hydrogen (secondary N) is 3. The van der Waals surface area contributed by atoms with Crippen LogP contribution in [0, 0.1) is 11.3 Å². The van der Waals surface area contributed by atoms with Crippen molar-refractivity contribution < 1.29 is 4.79 Å². The highest BCUT2D eigenvalue weighted by Gasteiger charge is 2.23. The molecule has 0 saturated carbocycles. The Balaban J connectivity index is 2.14. The number of H-pyrrole nitrogens is 2. The molecule has 6 nitrogen and oxygen atoms in total. The molecule has 0 spiro atoms. The van der Waals surface area contributed by atoms with Gasteiger partial charge in [-0.25, -0.2) is 4.79 Å². The summed E-state index contributed by atoms with van der Waals surface area (Å²) in [4.78, 5) is 28.8. The van der Waals surface area contributed by atoms with E-state index in [0.717, 1.165) is 6.42 Å². The van der Waals surface area contributed by atoms with E-state index in [-0.39, 0.29) is 22.9 Å². The lowest BCUT2D eigenvalue weighted by Gasteiger charge is -2.24. The Morgan fingerprint density at radius 3 is 2.57 bits per heavy atom. The average Bonchev–Trinajstić information content (AvgIpc) is 2.74. The van der Waals surface area contributed by atoms with Crippen molar-refractivity contribution in [2.45, 2.75) is 27.2 Å². The fraction of sp³-hybridized carbons (Fsp3) is 0.467. The number of hydrogen-bond donors (Lipinski definition) is 4. The van der Waals surface area contributed by atoms with Crippen LogP contribution in [0.15, 0.2) is 23.0 Å². The minimum Gasteiger partial charge on any atom is -0.330 e. The maximum absolute atomic E-state index is 12.3. The van der Waals surface area contributed by atoms with E-state index in [1.165, 1.54) is 0 Å². The first-order valence-corrected chi connectivity index (χ1v) is 7.01. The predicted molar refractivity (Wildman–Crippen MR) is 84.2 cm³/mol. The highest BCUT2D eigenvalue weighted by Crippen LogP contribution is 2.25. The SMILES string of the molecule is CC(C)(C)CC(CN)C(=O)Nc1ccc2[nH]c(=O)[nH]c2c1. The van der Waals surface area contributed by atoms with E-state index in [9.17, 15) is 9.59 Å². The smallest absolute Gasteiger partial charge is 0.323 e. The first-order chi connectivity index (χ1) is 9.78. The Morgan fingerprint density at radius 1 is 1.29 bits per heavy atom. The number of anilines is 1. The van der Waals surface area contributed by atoms with Crippen LogP contribution in [0.2, 0.25) is 0 Å². The summed E-state index contributed by atoms with van der Waals surface area (Å²) in [7, 11) is 0. The molecule has 21 heavy (non-hydrogen) atoms. The molecule has 1 aromatic carbocycles. The van der Waals surface area contributed by atoms with Crippen molar-refractivity contribution >= 4 is 22.6 Å². The molecule has 6 heteroatoms. The molecule has 1 unspecified atom stereocenters. The molecule has 1 aromatic heterocycles. The van der Waals surface area contributed by atoms with E-state index in [1.54, 1.807) is 18.2 Å². The molecule has 1 atom stereocenters. The number of aromatic nitrogens is 2. The number of carbonyl (C=O) groups excluding carboxylic acids is 1. The molecule has 0 radical (unpaired) electrons. The zero-order chi connectivity index (χ0) is 15.6. The van der Waals surface area contributed by atoms with E-state index in [1.807, 2.05) is 0 Å². The van der Waals surface area contributed by atoms with Gasteiger partial charge in [-0.1, -0.05) is 20.8 Å². The summed E-state index contributed by atoms with van der Waals surface area (Å²) in [5.41, 5.74) is 7.52. The zero-order valence-corrected chi connectivity index (χ0v) is 12.6. The maximum atomic E-state index is 12.3. The van der Waals surface area contributed by atoms with Crippen molar-refractivity contribution in [1.82, 2.24) is 9.97 Å². The number of hydrogen-bond acceptors (Lipinski definition) is 3. The average molecular weight is 290 g/mol.